The maximum Gasteiger partial charge on any atom is 0.350 e. The molecule has 0 fully saturated rings. The molecule has 2 heterocycles. The molecular weight excluding hydrogens is 387 g/mol. The van der Waals surface area contributed by atoms with Crippen LogP contribution < -0.4 is 0 Å². The zero-order chi connectivity index (χ0) is 17.9. The maximum atomic E-state index is 12.8. The molecule has 6 nitrogen and oxygen atoms in total. The van der Waals surface area contributed by atoms with Crippen molar-refractivity contribution in [2.75, 3.05) is 0 Å². The summed E-state index contributed by atoms with van der Waals surface area (Å²) in [4.78, 5) is 25.0. The lowest BCUT2D eigenvalue weighted by Gasteiger charge is -2.14. The number of rotatable bonds is 2. The average Bonchev–Trinajstić information content (AvgIpc) is 3.06. The Kier molecular flexibility index (Phi) is 3.44. The van der Waals surface area contributed by atoms with E-state index >= 15 is 0 Å². The zero-order valence-electron chi connectivity index (χ0n) is 12.3. The SMILES string of the molecule is O=C1c2cc3ccccc3n2C(=O)N1S(=O)(=O)c1ccc(Cl)c(Cl)c1. The van der Waals surface area contributed by atoms with Gasteiger partial charge in [0.25, 0.3) is 15.9 Å². The third-order valence-corrected chi connectivity index (χ3v) is 6.30. The molecule has 126 valence electrons. The Labute approximate surface area is 152 Å². The van der Waals surface area contributed by atoms with E-state index in [1.807, 2.05) is 0 Å². The van der Waals surface area contributed by atoms with E-state index in [1.165, 1.54) is 18.2 Å². The number of nitrogens with zero attached hydrogens (tertiary/aromatic N) is 2. The second-order valence-corrected chi connectivity index (χ2v) is 7.96. The monoisotopic (exact) mass is 394 g/mol. The molecule has 0 N–H and O–H groups in total. The van der Waals surface area contributed by atoms with Gasteiger partial charge in [0, 0.05) is 5.39 Å². The summed E-state index contributed by atoms with van der Waals surface area (Å²) in [6.45, 7) is 0. The van der Waals surface area contributed by atoms with E-state index in [-0.39, 0.29) is 24.9 Å². The number of halogens is 2. The fourth-order valence-electron chi connectivity index (χ4n) is 2.75. The summed E-state index contributed by atoms with van der Waals surface area (Å²) in [5, 5.41) is 0.842. The predicted molar refractivity (Wildman–Crippen MR) is 92.5 cm³/mol. The van der Waals surface area contributed by atoms with Crippen molar-refractivity contribution in [3.63, 3.8) is 0 Å². The highest BCUT2D eigenvalue weighted by Crippen LogP contribution is 2.32. The molecule has 4 rings (SSSR count). The van der Waals surface area contributed by atoms with Crippen LogP contribution in [-0.4, -0.2) is 29.2 Å². The molecule has 0 saturated carbocycles. The highest BCUT2D eigenvalue weighted by atomic mass is 35.5. The van der Waals surface area contributed by atoms with Crippen molar-refractivity contribution >= 4 is 56.1 Å². The van der Waals surface area contributed by atoms with E-state index in [9.17, 15) is 18.0 Å². The Morgan fingerprint density at radius 1 is 0.880 bits per heavy atom. The van der Waals surface area contributed by atoms with Gasteiger partial charge in [0.15, 0.2) is 0 Å². The smallest absolute Gasteiger partial charge is 0.266 e. The summed E-state index contributed by atoms with van der Waals surface area (Å²) in [6, 6.07) is 10.9. The van der Waals surface area contributed by atoms with Crippen LogP contribution in [0.3, 0.4) is 0 Å². The van der Waals surface area contributed by atoms with Crippen LogP contribution in [0.2, 0.25) is 10.0 Å². The summed E-state index contributed by atoms with van der Waals surface area (Å²) in [6.07, 6.45) is 0. The van der Waals surface area contributed by atoms with Gasteiger partial charge in [-0.3, -0.25) is 9.36 Å². The van der Waals surface area contributed by atoms with E-state index in [0.29, 0.717) is 10.9 Å². The summed E-state index contributed by atoms with van der Waals surface area (Å²) >= 11 is 11.6. The number of benzene rings is 2. The van der Waals surface area contributed by atoms with Crippen molar-refractivity contribution in [1.82, 2.24) is 8.87 Å². The highest BCUT2D eigenvalue weighted by molar-refractivity contribution is 7.90. The molecule has 0 spiro atoms. The first-order chi connectivity index (χ1) is 11.8. The quantitative estimate of drug-likeness (QED) is 0.662. The van der Waals surface area contributed by atoms with E-state index < -0.39 is 22.0 Å². The molecule has 2 aromatic carbocycles. The molecule has 3 aromatic rings. The lowest BCUT2D eigenvalue weighted by atomic mass is 10.2. The molecule has 1 aliphatic heterocycles. The number of sulfonamides is 1. The number of aromatic nitrogens is 1. The van der Waals surface area contributed by atoms with Gasteiger partial charge in [0.05, 0.1) is 20.5 Å². The molecule has 0 aliphatic carbocycles. The van der Waals surface area contributed by atoms with Crippen LogP contribution in [0.4, 0.5) is 4.79 Å². The van der Waals surface area contributed by atoms with Gasteiger partial charge in [-0.2, -0.15) is 0 Å². The Hall–Kier alpha value is -2.35. The summed E-state index contributed by atoms with van der Waals surface area (Å²) in [5.41, 5.74) is 0.456. The number of para-hydroxylation sites is 1. The van der Waals surface area contributed by atoms with Crippen molar-refractivity contribution in [3.05, 3.63) is 64.3 Å². The van der Waals surface area contributed by atoms with Crippen LogP contribution in [-0.2, 0) is 10.0 Å². The minimum atomic E-state index is -4.41. The van der Waals surface area contributed by atoms with Crippen LogP contribution in [0.15, 0.2) is 53.4 Å². The normalized spacial score (nSPS) is 14.4. The number of fused-ring (bicyclic) bond motifs is 3. The Balaban J connectivity index is 1.87. The molecular formula is C16H8Cl2N2O4S. The molecule has 9 heteroatoms. The van der Waals surface area contributed by atoms with Gasteiger partial charge in [0.2, 0.25) is 0 Å². The van der Waals surface area contributed by atoms with Crippen molar-refractivity contribution in [1.29, 1.82) is 0 Å². The van der Waals surface area contributed by atoms with E-state index in [0.717, 1.165) is 10.6 Å². The molecule has 2 amide bonds. The number of hydrogen-bond acceptors (Lipinski definition) is 4. The Bertz CT molecular complexity index is 1180. The molecule has 0 atom stereocenters. The minimum absolute atomic E-state index is 0.00478. The topological polar surface area (TPSA) is 76.5 Å². The van der Waals surface area contributed by atoms with Gasteiger partial charge in [-0.15, -0.1) is 4.31 Å². The van der Waals surface area contributed by atoms with Gasteiger partial charge in [-0.25, -0.2) is 13.2 Å². The number of hydrogen-bond donors (Lipinski definition) is 0. The molecule has 0 radical (unpaired) electrons. The third-order valence-electron chi connectivity index (χ3n) is 3.91. The Morgan fingerprint density at radius 3 is 2.32 bits per heavy atom. The summed E-state index contributed by atoms with van der Waals surface area (Å²) in [5.74, 6) is -0.910. The first kappa shape index (κ1) is 16.1. The van der Waals surface area contributed by atoms with Gasteiger partial charge >= 0.3 is 6.03 Å². The number of carbonyl (C=O) groups is 2. The van der Waals surface area contributed by atoms with Crippen molar-refractivity contribution in [3.8, 4) is 0 Å². The number of amides is 2. The molecule has 1 aromatic heterocycles. The lowest BCUT2D eigenvalue weighted by molar-refractivity contribution is 0.0907. The van der Waals surface area contributed by atoms with Crippen LogP contribution in [0, 0.1) is 0 Å². The predicted octanol–water partition coefficient (Wildman–Crippen LogP) is 3.76. The van der Waals surface area contributed by atoms with E-state index in [1.54, 1.807) is 24.3 Å². The van der Waals surface area contributed by atoms with Gasteiger partial charge < -0.3 is 0 Å². The van der Waals surface area contributed by atoms with Gasteiger partial charge in [-0.1, -0.05) is 41.4 Å². The maximum absolute atomic E-state index is 12.8. The molecule has 0 unspecified atom stereocenters. The highest BCUT2D eigenvalue weighted by Gasteiger charge is 2.45. The second-order valence-electron chi connectivity index (χ2n) is 5.36. The first-order valence-electron chi connectivity index (χ1n) is 7.02. The van der Waals surface area contributed by atoms with Crippen LogP contribution in [0.5, 0.6) is 0 Å². The van der Waals surface area contributed by atoms with Crippen LogP contribution in [0.1, 0.15) is 10.5 Å². The molecule has 0 bridgehead atoms. The van der Waals surface area contributed by atoms with E-state index in [4.69, 9.17) is 23.2 Å². The first-order valence-corrected chi connectivity index (χ1v) is 9.21. The molecule has 1 aliphatic rings. The largest absolute Gasteiger partial charge is 0.350 e. The van der Waals surface area contributed by atoms with E-state index in [2.05, 4.69) is 0 Å². The Morgan fingerprint density at radius 2 is 1.60 bits per heavy atom. The average molecular weight is 395 g/mol. The van der Waals surface area contributed by atoms with Gasteiger partial charge in [0.1, 0.15) is 5.69 Å². The summed E-state index contributed by atoms with van der Waals surface area (Å²) < 4.78 is 26.9. The minimum Gasteiger partial charge on any atom is -0.266 e. The number of carbonyl (C=O) groups excluding carboxylic acids is 2. The van der Waals surface area contributed by atoms with Crippen molar-refractivity contribution in [2.45, 2.75) is 4.90 Å². The fraction of sp³-hybridized carbons (Fsp3) is 0. The summed E-state index contributed by atoms with van der Waals surface area (Å²) in [7, 11) is -4.41. The van der Waals surface area contributed by atoms with Gasteiger partial charge in [-0.05, 0) is 30.3 Å². The number of imide groups is 1. The molecule has 0 saturated heterocycles. The van der Waals surface area contributed by atoms with Crippen molar-refractivity contribution < 1.29 is 18.0 Å². The van der Waals surface area contributed by atoms with Crippen LogP contribution in [0.25, 0.3) is 10.9 Å². The van der Waals surface area contributed by atoms with Crippen LogP contribution >= 0.6 is 23.2 Å². The second kappa shape index (κ2) is 5.32. The zero-order valence-corrected chi connectivity index (χ0v) is 14.6. The van der Waals surface area contributed by atoms with Crippen molar-refractivity contribution in [2.24, 2.45) is 0 Å². The molecule has 25 heavy (non-hydrogen) atoms. The lowest BCUT2D eigenvalue weighted by Crippen LogP contribution is -2.37. The fourth-order valence-corrected chi connectivity index (χ4v) is 4.43. The standard InChI is InChI=1S/C16H8Cl2N2O4S/c17-11-6-5-10(8-12(11)18)25(23,24)20-15(21)14-7-9-3-1-2-4-13(9)19(14)16(20)22/h1-8H. The third kappa shape index (κ3) is 2.20.